The van der Waals surface area contributed by atoms with E-state index >= 15 is 0 Å². The Morgan fingerprint density at radius 1 is 0.697 bits per heavy atom. The molecule has 9 nitrogen and oxygen atoms in total. The van der Waals surface area contributed by atoms with Crippen molar-refractivity contribution in [2.45, 2.75) is 12.2 Å². The first-order valence-electron chi connectivity index (χ1n) is 9.74. The van der Waals surface area contributed by atoms with Crippen molar-refractivity contribution < 1.29 is 27.4 Å². The van der Waals surface area contributed by atoms with Gasteiger partial charge in [-0.1, -0.05) is 48.0 Å². The van der Waals surface area contributed by atoms with Gasteiger partial charge < -0.3 is 16.0 Å². The predicted molar refractivity (Wildman–Crippen MR) is 124 cm³/mol. The van der Waals surface area contributed by atoms with Gasteiger partial charge in [-0.3, -0.25) is 18.9 Å². The SMILES string of the molecule is Cc1ccc(NC(=O)C(=O)Nc2ccc(NC(=O)C(c3ccccc3)S(=O)(=O)O)cc2)cc1. The molecule has 4 N–H and O–H groups in total. The molecule has 0 aliphatic carbocycles. The molecular weight excluding hydrogens is 446 g/mol. The highest BCUT2D eigenvalue weighted by Gasteiger charge is 2.32. The van der Waals surface area contributed by atoms with Gasteiger partial charge in [-0.2, -0.15) is 8.42 Å². The molecule has 0 bridgehead atoms. The van der Waals surface area contributed by atoms with Crippen LogP contribution in [0, 0.1) is 6.92 Å². The van der Waals surface area contributed by atoms with E-state index < -0.39 is 33.1 Å². The van der Waals surface area contributed by atoms with Crippen molar-refractivity contribution in [2.24, 2.45) is 0 Å². The summed E-state index contributed by atoms with van der Waals surface area (Å²) in [4.78, 5) is 36.7. The lowest BCUT2D eigenvalue weighted by Gasteiger charge is -2.15. The topological polar surface area (TPSA) is 142 Å². The van der Waals surface area contributed by atoms with Gasteiger partial charge in [0.2, 0.25) is 5.91 Å². The predicted octanol–water partition coefficient (Wildman–Crippen LogP) is 3.14. The van der Waals surface area contributed by atoms with Crippen LogP contribution in [0.1, 0.15) is 16.4 Å². The van der Waals surface area contributed by atoms with Gasteiger partial charge in [0.15, 0.2) is 5.25 Å². The zero-order valence-corrected chi connectivity index (χ0v) is 18.3. The summed E-state index contributed by atoms with van der Waals surface area (Å²) in [5, 5.41) is 5.52. The Balaban J connectivity index is 1.63. The molecule has 33 heavy (non-hydrogen) atoms. The van der Waals surface area contributed by atoms with Gasteiger partial charge in [-0.15, -0.1) is 0 Å². The fourth-order valence-electron chi connectivity index (χ4n) is 2.94. The maximum Gasteiger partial charge on any atom is 0.314 e. The molecule has 0 saturated carbocycles. The summed E-state index contributed by atoms with van der Waals surface area (Å²) in [5.74, 6) is -2.68. The molecule has 3 aromatic rings. The van der Waals surface area contributed by atoms with Crippen LogP contribution in [-0.2, 0) is 24.5 Å². The average Bonchev–Trinajstić information content (AvgIpc) is 2.76. The average molecular weight is 468 g/mol. The van der Waals surface area contributed by atoms with E-state index in [1.54, 1.807) is 42.5 Å². The first-order chi connectivity index (χ1) is 15.6. The Labute approximate surface area is 190 Å². The van der Waals surface area contributed by atoms with E-state index in [4.69, 9.17) is 0 Å². The smallest absolute Gasteiger partial charge is 0.314 e. The van der Waals surface area contributed by atoms with Crippen LogP contribution in [0.3, 0.4) is 0 Å². The second-order valence-electron chi connectivity index (χ2n) is 7.15. The van der Waals surface area contributed by atoms with Gasteiger partial charge in [0, 0.05) is 17.1 Å². The Hall–Kier alpha value is -4.02. The summed E-state index contributed by atoms with van der Waals surface area (Å²) in [5.41, 5.74) is 2.11. The molecule has 0 heterocycles. The molecule has 0 fully saturated rings. The molecule has 0 aliphatic heterocycles. The van der Waals surface area contributed by atoms with E-state index in [-0.39, 0.29) is 16.9 Å². The monoisotopic (exact) mass is 467 g/mol. The molecule has 0 saturated heterocycles. The van der Waals surface area contributed by atoms with Gasteiger partial charge in [0.1, 0.15) is 0 Å². The summed E-state index contributed by atoms with van der Waals surface area (Å²) < 4.78 is 33.0. The number of hydrogen-bond donors (Lipinski definition) is 4. The van der Waals surface area contributed by atoms with E-state index in [1.807, 2.05) is 6.92 Å². The molecule has 3 rings (SSSR count). The van der Waals surface area contributed by atoms with Crippen LogP contribution >= 0.6 is 0 Å². The third-order valence-electron chi connectivity index (χ3n) is 4.56. The number of carbonyl (C=O) groups excluding carboxylic acids is 3. The fraction of sp³-hybridized carbons (Fsp3) is 0.0870. The van der Waals surface area contributed by atoms with Crippen molar-refractivity contribution in [1.82, 2.24) is 0 Å². The van der Waals surface area contributed by atoms with Crippen molar-refractivity contribution in [1.29, 1.82) is 0 Å². The van der Waals surface area contributed by atoms with Gasteiger partial charge in [0.05, 0.1) is 0 Å². The standard InChI is InChI=1S/C23H21N3O6S/c1-15-7-9-17(10-8-15)25-22(28)23(29)26-19-13-11-18(12-14-19)24-21(27)20(33(30,31)32)16-5-3-2-4-6-16/h2-14,20H,1H3,(H,24,27)(H,25,28)(H,26,29)(H,30,31,32). The third-order valence-corrected chi connectivity index (χ3v) is 5.65. The number of aryl methyl sites for hydroxylation is 1. The molecule has 0 spiro atoms. The van der Waals surface area contributed by atoms with Crippen LogP contribution in [0.25, 0.3) is 0 Å². The first-order valence-corrected chi connectivity index (χ1v) is 11.2. The van der Waals surface area contributed by atoms with E-state index in [0.717, 1.165) is 5.56 Å². The van der Waals surface area contributed by atoms with Crippen LogP contribution in [0.2, 0.25) is 0 Å². The second kappa shape index (κ2) is 10.1. The fourth-order valence-corrected chi connectivity index (χ4v) is 3.77. The van der Waals surface area contributed by atoms with Crippen LogP contribution < -0.4 is 16.0 Å². The zero-order chi connectivity index (χ0) is 24.0. The Kier molecular flexibility index (Phi) is 7.21. The summed E-state index contributed by atoms with van der Waals surface area (Å²) >= 11 is 0. The highest BCUT2D eigenvalue weighted by molar-refractivity contribution is 7.86. The number of hydrogen-bond acceptors (Lipinski definition) is 5. The molecule has 1 unspecified atom stereocenters. The van der Waals surface area contributed by atoms with Crippen LogP contribution in [-0.4, -0.2) is 30.7 Å². The summed E-state index contributed by atoms with van der Waals surface area (Å²) in [6.07, 6.45) is 0. The highest BCUT2D eigenvalue weighted by Crippen LogP contribution is 2.24. The maximum atomic E-state index is 12.5. The zero-order valence-electron chi connectivity index (χ0n) is 17.5. The van der Waals surface area contributed by atoms with E-state index in [0.29, 0.717) is 5.69 Å². The van der Waals surface area contributed by atoms with Crippen molar-refractivity contribution in [3.8, 4) is 0 Å². The number of amides is 3. The minimum Gasteiger partial charge on any atom is -0.325 e. The van der Waals surface area contributed by atoms with Crippen molar-refractivity contribution in [3.05, 3.63) is 90.0 Å². The molecule has 3 aromatic carbocycles. The molecule has 1 atom stereocenters. The number of rotatable bonds is 6. The van der Waals surface area contributed by atoms with Crippen molar-refractivity contribution >= 4 is 44.9 Å². The summed E-state index contributed by atoms with van der Waals surface area (Å²) in [6, 6.07) is 20.2. The van der Waals surface area contributed by atoms with Crippen LogP contribution in [0.4, 0.5) is 17.1 Å². The van der Waals surface area contributed by atoms with E-state index in [1.165, 1.54) is 36.4 Å². The van der Waals surface area contributed by atoms with Crippen LogP contribution in [0.15, 0.2) is 78.9 Å². The van der Waals surface area contributed by atoms with Gasteiger partial charge >= 0.3 is 11.8 Å². The third kappa shape index (κ3) is 6.48. The Bertz CT molecular complexity index is 1260. The summed E-state index contributed by atoms with van der Waals surface area (Å²) in [7, 11) is -4.71. The van der Waals surface area contributed by atoms with Gasteiger partial charge in [0.25, 0.3) is 10.1 Å². The molecule has 10 heteroatoms. The molecule has 0 aromatic heterocycles. The lowest BCUT2D eigenvalue weighted by Crippen LogP contribution is -2.29. The minimum absolute atomic E-state index is 0.112. The lowest BCUT2D eigenvalue weighted by molar-refractivity contribution is -0.132. The maximum absolute atomic E-state index is 12.5. The normalized spacial score (nSPS) is 11.8. The van der Waals surface area contributed by atoms with E-state index in [2.05, 4.69) is 16.0 Å². The Morgan fingerprint density at radius 2 is 1.12 bits per heavy atom. The minimum atomic E-state index is -4.71. The van der Waals surface area contributed by atoms with Crippen molar-refractivity contribution in [3.63, 3.8) is 0 Å². The van der Waals surface area contributed by atoms with Gasteiger partial charge in [-0.05, 0) is 48.9 Å². The number of carbonyl (C=O) groups is 3. The molecule has 170 valence electrons. The molecule has 3 amide bonds. The first kappa shape index (κ1) is 23.6. The molecule has 0 aliphatic rings. The Morgan fingerprint density at radius 3 is 1.58 bits per heavy atom. The highest BCUT2D eigenvalue weighted by atomic mass is 32.2. The summed E-state index contributed by atoms with van der Waals surface area (Å²) in [6.45, 7) is 1.90. The molecule has 0 radical (unpaired) electrons. The molecular formula is C23H21N3O6S. The lowest BCUT2D eigenvalue weighted by atomic mass is 10.1. The number of anilines is 3. The number of nitrogens with one attached hydrogen (secondary N) is 3. The van der Waals surface area contributed by atoms with E-state index in [9.17, 15) is 27.4 Å². The quantitative estimate of drug-likeness (QED) is 0.324. The largest absolute Gasteiger partial charge is 0.325 e. The number of benzene rings is 3. The van der Waals surface area contributed by atoms with Crippen molar-refractivity contribution in [2.75, 3.05) is 16.0 Å². The van der Waals surface area contributed by atoms with Gasteiger partial charge in [-0.25, -0.2) is 0 Å². The van der Waals surface area contributed by atoms with Crippen LogP contribution in [0.5, 0.6) is 0 Å². The second-order valence-corrected chi connectivity index (χ2v) is 8.65.